The second kappa shape index (κ2) is 10.5. The molecule has 2 aromatic carbocycles. The van der Waals surface area contributed by atoms with Gasteiger partial charge in [0.2, 0.25) is 0 Å². The minimum atomic E-state index is 0.626. The molecule has 0 saturated carbocycles. The molecular weight excluding hydrogens is 392 g/mol. The van der Waals surface area contributed by atoms with E-state index in [0.29, 0.717) is 6.61 Å². The fourth-order valence-corrected chi connectivity index (χ4v) is 3.87. The standard InChI is InChI=1S/C25H30N2O4/c1-3-30-21-9-10-24-22(17-21)23(26-11-4-12-27-13-15-29-16-14-27)18-25(31-24)19-5-7-20(28-2)8-6-19/h5-10,17-18H,3-4,11-16H2,1-2H3/p+1. The summed E-state index contributed by atoms with van der Waals surface area (Å²) in [4.78, 5) is 6.56. The highest BCUT2D eigenvalue weighted by Crippen LogP contribution is 2.26. The summed E-state index contributed by atoms with van der Waals surface area (Å²) in [6.45, 7) is 8.42. The summed E-state index contributed by atoms with van der Waals surface area (Å²) in [5.41, 5.74) is 1.79. The molecule has 31 heavy (non-hydrogen) atoms. The number of hydrogen-bond acceptors (Lipinski definition) is 5. The number of methoxy groups -OCH3 is 1. The molecule has 0 radical (unpaired) electrons. The fourth-order valence-electron chi connectivity index (χ4n) is 3.87. The first kappa shape index (κ1) is 21.4. The van der Waals surface area contributed by atoms with Crippen LogP contribution in [0.1, 0.15) is 13.3 Å². The predicted octanol–water partition coefficient (Wildman–Crippen LogP) is 2.71. The Labute approximate surface area is 183 Å². The van der Waals surface area contributed by atoms with Gasteiger partial charge in [-0.15, -0.1) is 0 Å². The maximum absolute atomic E-state index is 6.22. The van der Waals surface area contributed by atoms with Gasteiger partial charge in [0.25, 0.3) is 0 Å². The van der Waals surface area contributed by atoms with E-state index in [1.165, 1.54) is 0 Å². The van der Waals surface area contributed by atoms with Crippen molar-refractivity contribution in [2.45, 2.75) is 13.3 Å². The fraction of sp³-hybridized carbons (Fsp3) is 0.400. The Hall–Kier alpha value is -2.83. The summed E-state index contributed by atoms with van der Waals surface area (Å²) in [5, 5.41) is 1.91. The molecule has 2 heterocycles. The molecule has 1 saturated heterocycles. The molecule has 164 valence electrons. The molecule has 0 unspecified atom stereocenters. The zero-order valence-corrected chi connectivity index (χ0v) is 18.4. The molecular formula is C25H31N2O4+. The van der Waals surface area contributed by atoms with Gasteiger partial charge in [-0.2, -0.15) is 0 Å². The number of morpholine rings is 1. The number of hydrogen-bond donors (Lipinski definition) is 1. The highest BCUT2D eigenvalue weighted by Gasteiger charge is 2.13. The molecule has 0 atom stereocenters. The number of ether oxygens (including phenoxy) is 3. The smallest absolute Gasteiger partial charge is 0.137 e. The molecule has 6 nitrogen and oxygen atoms in total. The van der Waals surface area contributed by atoms with Crippen LogP contribution in [0.5, 0.6) is 11.5 Å². The normalized spacial score (nSPS) is 15.4. The van der Waals surface area contributed by atoms with Crippen molar-refractivity contribution < 1.29 is 23.5 Å². The second-order valence-corrected chi connectivity index (χ2v) is 7.66. The van der Waals surface area contributed by atoms with Crippen molar-refractivity contribution in [3.8, 4) is 22.8 Å². The van der Waals surface area contributed by atoms with Crippen molar-refractivity contribution in [2.75, 3.05) is 53.1 Å². The predicted molar refractivity (Wildman–Crippen MR) is 121 cm³/mol. The van der Waals surface area contributed by atoms with E-state index >= 15 is 0 Å². The average molecular weight is 424 g/mol. The summed E-state index contributed by atoms with van der Waals surface area (Å²) in [5.74, 6) is 2.44. The Kier molecular flexibility index (Phi) is 7.22. The van der Waals surface area contributed by atoms with Gasteiger partial charge < -0.3 is 23.5 Å². The first-order valence-corrected chi connectivity index (χ1v) is 11.0. The quantitative estimate of drug-likeness (QED) is 0.566. The zero-order valence-electron chi connectivity index (χ0n) is 18.4. The Morgan fingerprint density at radius 2 is 1.77 bits per heavy atom. The molecule has 1 N–H and O–H groups in total. The molecule has 3 aromatic rings. The van der Waals surface area contributed by atoms with E-state index in [1.54, 1.807) is 12.0 Å². The van der Waals surface area contributed by atoms with Crippen LogP contribution in [0.4, 0.5) is 0 Å². The van der Waals surface area contributed by atoms with E-state index in [2.05, 4.69) is 0 Å². The van der Waals surface area contributed by atoms with E-state index in [4.69, 9.17) is 23.6 Å². The molecule has 4 rings (SSSR count). The van der Waals surface area contributed by atoms with E-state index in [0.717, 1.165) is 85.0 Å². The third-order valence-electron chi connectivity index (χ3n) is 5.57. The maximum atomic E-state index is 6.22. The molecule has 0 bridgehead atoms. The molecule has 0 amide bonds. The molecule has 1 aromatic heterocycles. The highest BCUT2D eigenvalue weighted by atomic mass is 16.5. The summed E-state index contributed by atoms with van der Waals surface area (Å²) in [6.07, 6.45) is 1.05. The minimum Gasteiger partial charge on any atom is -0.497 e. The van der Waals surface area contributed by atoms with Crippen LogP contribution >= 0.6 is 0 Å². The van der Waals surface area contributed by atoms with Crippen molar-refractivity contribution in [1.82, 2.24) is 0 Å². The van der Waals surface area contributed by atoms with E-state index in [-0.39, 0.29) is 0 Å². The largest absolute Gasteiger partial charge is 0.497 e. The summed E-state index contributed by atoms with van der Waals surface area (Å²) in [7, 11) is 1.67. The third kappa shape index (κ3) is 5.46. The summed E-state index contributed by atoms with van der Waals surface area (Å²) >= 11 is 0. The number of nitrogens with zero attached hydrogens (tertiary/aromatic N) is 1. The number of quaternary nitrogens is 1. The summed E-state index contributed by atoms with van der Waals surface area (Å²) < 4.78 is 22.7. The Morgan fingerprint density at radius 1 is 1.00 bits per heavy atom. The molecule has 0 aliphatic carbocycles. The lowest BCUT2D eigenvalue weighted by Crippen LogP contribution is -3.14. The van der Waals surface area contributed by atoms with Crippen LogP contribution in [-0.4, -0.2) is 53.1 Å². The van der Waals surface area contributed by atoms with Crippen LogP contribution < -0.4 is 19.7 Å². The van der Waals surface area contributed by atoms with Gasteiger partial charge in [0, 0.05) is 30.0 Å². The molecule has 1 aliphatic rings. The molecule has 6 heteroatoms. The Morgan fingerprint density at radius 3 is 2.52 bits per heavy atom. The van der Waals surface area contributed by atoms with Crippen LogP contribution in [0.3, 0.4) is 0 Å². The maximum Gasteiger partial charge on any atom is 0.137 e. The van der Waals surface area contributed by atoms with Gasteiger partial charge in [-0.25, -0.2) is 0 Å². The van der Waals surface area contributed by atoms with E-state index in [1.807, 2.05) is 55.5 Å². The van der Waals surface area contributed by atoms with Crippen LogP contribution in [0, 0.1) is 0 Å². The van der Waals surface area contributed by atoms with Gasteiger partial charge in [-0.3, -0.25) is 4.99 Å². The first-order valence-electron chi connectivity index (χ1n) is 11.0. The zero-order chi connectivity index (χ0) is 21.5. The lowest BCUT2D eigenvalue weighted by atomic mass is 10.1. The monoisotopic (exact) mass is 423 g/mol. The van der Waals surface area contributed by atoms with Crippen molar-refractivity contribution in [2.24, 2.45) is 4.99 Å². The lowest BCUT2D eigenvalue weighted by molar-refractivity contribution is -0.908. The lowest BCUT2D eigenvalue weighted by Gasteiger charge is -2.23. The van der Waals surface area contributed by atoms with E-state index in [9.17, 15) is 0 Å². The van der Waals surface area contributed by atoms with Gasteiger partial charge in [-0.1, -0.05) is 0 Å². The highest BCUT2D eigenvalue weighted by molar-refractivity contribution is 5.80. The molecule has 1 aliphatic heterocycles. The SMILES string of the molecule is CCOc1ccc2oc(-c3ccc(OC)cc3)cc(=NCCC[NH+]3CCOCC3)c2c1. The molecule has 0 spiro atoms. The Bertz CT molecular complexity index is 1050. The number of benzene rings is 2. The van der Waals surface area contributed by atoms with Gasteiger partial charge in [0.05, 0.1) is 38.8 Å². The molecule has 1 fully saturated rings. The second-order valence-electron chi connectivity index (χ2n) is 7.66. The van der Waals surface area contributed by atoms with Gasteiger partial charge in [0.15, 0.2) is 0 Å². The van der Waals surface area contributed by atoms with Crippen molar-refractivity contribution in [3.63, 3.8) is 0 Å². The van der Waals surface area contributed by atoms with Crippen LogP contribution in [0.15, 0.2) is 57.9 Å². The Balaban J connectivity index is 1.64. The van der Waals surface area contributed by atoms with Gasteiger partial charge in [0.1, 0.15) is 35.9 Å². The minimum absolute atomic E-state index is 0.626. The first-order chi connectivity index (χ1) is 15.3. The van der Waals surface area contributed by atoms with Crippen molar-refractivity contribution in [1.29, 1.82) is 0 Å². The van der Waals surface area contributed by atoms with Crippen LogP contribution in [-0.2, 0) is 4.74 Å². The van der Waals surface area contributed by atoms with Crippen LogP contribution in [0.2, 0.25) is 0 Å². The third-order valence-corrected chi connectivity index (χ3v) is 5.57. The summed E-state index contributed by atoms with van der Waals surface area (Å²) in [6, 6.07) is 15.8. The number of rotatable bonds is 8. The van der Waals surface area contributed by atoms with Crippen LogP contribution in [0.25, 0.3) is 22.3 Å². The van der Waals surface area contributed by atoms with Crippen molar-refractivity contribution >= 4 is 11.0 Å². The number of fused-ring (bicyclic) bond motifs is 1. The van der Waals surface area contributed by atoms with E-state index < -0.39 is 0 Å². The van der Waals surface area contributed by atoms with Gasteiger partial charge >= 0.3 is 0 Å². The average Bonchev–Trinajstić information content (AvgIpc) is 2.82. The number of nitrogens with one attached hydrogen (secondary N) is 1. The van der Waals surface area contributed by atoms with Crippen molar-refractivity contribution in [3.05, 3.63) is 53.9 Å². The topological polar surface area (TPSA) is 57.6 Å². The van der Waals surface area contributed by atoms with Gasteiger partial charge in [-0.05, 0) is 49.4 Å².